The molecule has 2 N–H and O–H groups in total. The van der Waals surface area contributed by atoms with E-state index in [2.05, 4.69) is 20.7 Å². The molecule has 0 spiro atoms. The van der Waals surface area contributed by atoms with Gasteiger partial charge in [0.1, 0.15) is 12.4 Å². The van der Waals surface area contributed by atoms with Crippen molar-refractivity contribution in [2.24, 2.45) is 5.10 Å². The lowest BCUT2D eigenvalue weighted by molar-refractivity contribution is -0.719. The molecule has 9 nitrogen and oxygen atoms in total. The summed E-state index contributed by atoms with van der Waals surface area (Å²) in [5, 5.41) is 22.6. The van der Waals surface area contributed by atoms with E-state index in [1.807, 2.05) is 42.7 Å². The molecule has 0 aliphatic carbocycles. The molecule has 0 atom stereocenters. The lowest BCUT2D eigenvalue weighted by Gasteiger charge is -2.08. The lowest BCUT2D eigenvalue weighted by Crippen LogP contribution is -2.36. The number of hydrogen-bond acceptors (Lipinski definition) is 7. The predicted octanol–water partition coefficient (Wildman–Crippen LogP) is 1.06. The highest BCUT2D eigenvalue weighted by molar-refractivity contribution is 7.99. The number of aromatic amines is 1. The van der Waals surface area contributed by atoms with Gasteiger partial charge in [0.05, 0.1) is 35.1 Å². The second kappa shape index (κ2) is 11.1. The molecule has 32 heavy (non-hydrogen) atoms. The number of H-pyrrole nitrogens is 1. The Morgan fingerprint density at radius 3 is 2.72 bits per heavy atom. The van der Waals surface area contributed by atoms with Crippen LogP contribution in [0.3, 0.4) is 0 Å². The Morgan fingerprint density at radius 2 is 2.00 bits per heavy atom. The average Bonchev–Trinajstić information content (AvgIpc) is 3.20. The van der Waals surface area contributed by atoms with Gasteiger partial charge in [0.25, 0.3) is 11.7 Å². The standard InChI is InChI=1S/C22H23N5O4S/c1-3-27-21(16-10-8-15(2)9-11-16)25-26-22(27)32-14-19(28)24-23-12-17-6-4-5-7-18(17)31-13-20(29)30/h4-12H,3,13-14H2,1-2H3,(H2,24,28,29,30). The minimum Gasteiger partial charge on any atom is -0.546 e. The lowest BCUT2D eigenvalue weighted by atomic mass is 10.1. The number of amides is 1. The Kier molecular flexibility index (Phi) is 7.98. The van der Waals surface area contributed by atoms with E-state index in [0.717, 1.165) is 11.4 Å². The zero-order chi connectivity index (χ0) is 22.9. The first-order valence-corrected chi connectivity index (χ1v) is 10.9. The topological polar surface area (TPSA) is 123 Å². The van der Waals surface area contributed by atoms with Crippen LogP contribution in [0.1, 0.15) is 18.1 Å². The molecule has 0 fully saturated rings. The SMILES string of the molecule is CC[n+]1c(SCC(=O)NN=Cc2ccccc2OCC(=O)[O-])n[nH]c1-c1ccc(C)cc1. The van der Waals surface area contributed by atoms with Crippen LogP contribution in [0, 0.1) is 6.92 Å². The van der Waals surface area contributed by atoms with Crippen molar-refractivity contribution in [3.8, 4) is 17.1 Å². The molecule has 3 aromatic rings. The van der Waals surface area contributed by atoms with Gasteiger partial charge in [0.15, 0.2) is 0 Å². The molecule has 10 heteroatoms. The highest BCUT2D eigenvalue weighted by Crippen LogP contribution is 2.18. The summed E-state index contributed by atoms with van der Waals surface area (Å²) >= 11 is 1.30. The number of nitrogens with one attached hydrogen (secondary N) is 2. The van der Waals surface area contributed by atoms with Crippen LogP contribution < -0.4 is 19.8 Å². The number of thioether (sulfide) groups is 1. The van der Waals surface area contributed by atoms with Gasteiger partial charge in [0, 0.05) is 5.56 Å². The van der Waals surface area contributed by atoms with E-state index in [-0.39, 0.29) is 11.7 Å². The summed E-state index contributed by atoms with van der Waals surface area (Å²) in [5.74, 6) is -0.301. The van der Waals surface area contributed by atoms with E-state index < -0.39 is 12.6 Å². The molecule has 2 aromatic carbocycles. The van der Waals surface area contributed by atoms with Crippen LogP contribution in [0.5, 0.6) is 5.75 Å². The number of benzene rings is 2. The van der Waals surface area contributed by atoms with E-state index in [4.69, 9.17) is 4.74 Å². The van der Waals surface area contributed by atoms with Crippen LogP contribution in [0.4, 0.5) is 0 Å². The quantitative estimate of drug-likeness (QED) is 0.205. The third-order valence-electron chi connectivity index (χ3n) is 4.39. The maximum absolute atomic E-state index is 12.2. The third kappa shape index (κ3) is 6.17. The summed E-state index contributed by atoms with van der Waals surface area (Å²) in [4.78, 5) is 22.8. The number of carbonyl (C=O) groups is 2. The number of carbonyl (C=O) groups excluding carboxylic acids is 2. The number of aliphatic carboxylic acids is 1. The predicted molar refractivity (Wildman–Crippen MR) is 118 cm³/mol. The van der Waals surface area contributed by atoms with Gasteiger partial charge in [-0.05, 0) is 49.9 Å². The summed E-state index contributed by atoms with van der Waals surface area (Å²) in [5.41, 5.74) is 5.18. The highest BCUT2D eigenvalue weighted by Gasteiger charge is 2.21. The first-order chi connectivity index (χ1) is 15.5. The maximum atomic E-state index is 12.2. The summed E-state index contributed by atoms with van der Waals surface area (Å²) < 4.78 is 7.16. The van der Waals surface area contributed by atoms with Crippen LogP contribution in [-0.2, 0) is 16.1 Å². The summed E-state index contributed by atoms with van der Waals surface area (Å²) in [6, 6.07) is 14.9. The van der Waals surface area contributed by atoms with Crippen molar-refractivity contribution in [3.05, 3.63) is 59.7 Å². The molecule has 166 valence electrons. The van der Waals surface area contributed by atoms with E-state index in [9.17, 15) is 14.7 Å². The molecule has 0 radical (unpaired) electrons. The minimum atomic E-state index is -1.32. The van der Waals surface area contributed by atoms with Crippen molar-refractivity contribution in [3.63, 3.8) is 0 Å². The van der Waals surface area contributed by atoms with Gasteiger partial charge in [-0.1, -0.05) is 29.8 Å². The van der Waals surface area contributed by atoms with Crippen LogP contribution in [0.25, 0.3) is 11.4 Å². The Hall–Kier alpha value is -3.66. The van der Waals surface area contributed by atoms with E-state index in [0.29, 0.717) is 23.0 Å². The van der Waals surface area contributed by atoms with Gasteiger partial charge in [-0.25, -0.2) is 9.99 Å². The number of nitrogens with zero attached hydrogens (tertiary/aromatic N) is 3. The van der Waals surface area contributed by atoms with Crippen molar-refractivity contribution < 1.29 is 24.0 Å². The van der Waals surface area contributed by atoms with Crippen LogP contribution in [0.15, 0.2) is 58.8 Å². The van der Waals surface area contributed by atoms with Crippen molar-refractivity contribution in [1.29, 1.82) is 0 Å². The second-order valence-corrected chi connectivity index (χ2v) is 7.69. The summed E-state index contributed by atoms with van der Waals surface area (Å²) in [6.45, 7) is 4.18. The van der Waals surface area contributed by atoms with E-state index in [1.54, 1.807) is 24.3 Å². The number of hydrazone groups is 1. The minimum absolute atomic E-state index is 0.123. The molecule has 0 aliphatic rings. The molecular formula is C22H23N5O4S. The largest absolute Gasteiger partial charge is 0.546 e. The average molecular weight is 454 g/mol. The Morgan fingerprint density at radius 1 is 1.25 bits per heavy atom. The van der Waals surface area contributed by atoms with Crippen molar-refractivity contribution >= 4 is 29.9 Å². The first-order valence-electron chi connectivity index (χ1n) is 9.89. The summed E-state index contributed by atoms with van der Waals surface area (Å²) in [6.07, 6.45) is 1.39. The number of aryl methyl sites for hydroxylation is 1. The van der Waals surface area contributed by atoms with Gasteiger partial charge < -0.3 is 14.6 Å². The highest BCUT2D eigenvalue weighted by atomic mass is 32.2. The van der Waals surface area contributed by atoms with Gasteiger partial charge in [-0.2, -0.15) is 5.10 Å². The molecule has 0 bridgehead atoms. The number of hydrogen-bond donors (Lipinski definition) is 2. The van der Waals surface area contributed by atoms with Crippen molar-refractivity contribution in [2.75, 3.05) is 12.4 Å². The van der Waals surface area contributed by atoms with Crippen LogP contribution in [-0.4, -0.2) is 40.6 Å². The molecule has 0 aliphatic heterocycles. The molecule has 1 amide bonds. The zero-order valence-corrected chi connectivity index (χ0v) is 18.5. The zero-order valence-electron chi connectivity index (χ0n) is 17.7. The fraction of sp³-hybridized carbons (Fsp3) is 0.227. The number of rotatable bonds is 10. The number of para-hydroxylation sites is 1. The van der Waals surface area contributed by atoms with Crippen molar-refractivity contribution in [2.45, 2.75) is 25.5 Å². The molecule has 1 aromatic heterocycles. The number of ether oxygens (including phenoxy) is 1. The number of carboxylic acids is 1. The molecule has 0 saturated heterocycles. The smallest absolute Gasteiger partial charge is 0.337 e. The molecule has 0 saturated carbocycles. The fourth-order valence-corrected chi connectivity index (χ4v) is 3.66. The molecule has 1 heterocycles. The van der Waals surface area contributed by atoms with Crippen molar-refractivity contribution in [1.82, 2.24) is 15.6 Å². The van der Waals surface area contributed by atoms with E-state index >= 15 is 0 Å². The van der Waals surface area contributed by atoms with Crippen LogP contribution >= 0.6 is 11.8 Å². The Labute approximate surface area is 189 Å². The van der Waals surface area contributed by atoms with Gasteiger partial charge in [0.2, 0.25) is 0 Å². The Balaban J connectivity index is 1.58. The molecule has 0 unspecified atom stereocenters. The maximum Gasteiger partial charge on any atom is 0.337 e. The third-order valence-corrected chi connectivity index (χ3v) is 5.37. The van der Waals surface area contributed by atoms with E-state index in [1.165, 1.54) is 23.5 Å². The summed E-state index contributed by atoms with van der Waals surface area (Å²) in [7, 11) is 0. The number of aromatic nitrogens is 3. The first kappa shape index (κ1) is 23.0. The normalized spacial score (nSPS) is 10.9. The fourth-order valence-electron chi connectivity index (χ4n) is 2.84. The molecule has 3 rings (SSSR count). The number of carboxylic acid groups (broad SMARTS) is 1. The molecular weight excluding hydrogens is 430 g/mol. The monoisotopic (exact) mass is 453 g/mol. The Bertz CT molecular complexity index is 1110. The van der Waals surface area contributed by atoms with Gasteiger partial charge >= 0.3 is 5.16 Å². The van der Waals surface area contributed by atoms with Gasteiger partial charge in [-0.15, -0.1) is 5.10 Å². The second-order valence-electron chi connectivity index (χ2n) is 6.75. The van der Waals surface area contributed by atoms with Gasteiger partial charge in [-0.3, -0.25) is 4.79 Å². The van der Waals surface area contributed by atoms with Crippen LogP contribution in [0.2, 0.25) is 0 Å².